The van der Waals surface area contributed by atoms with Crippen LogP contribution in [0.25, 0.3) is 0 Å². The highest BCUT2D eigenvalue weighted by Crippen LogP contribution is 2.11. The monoisotopic (exact) mass is 231 g/mol. The fraction of sp³-hybridized carbons (Fsp3) is 0. The summed E-state index contributed by atoms with van der Waals surface area (Å²) in [5.74, 6) is -0.254. The van der Waals surface area contributed by atoms with E-state index in [0.29, 0.717) is 4.99 Å². The second-order valence-corrected chi connectivity index (χ2v) is 3.74. The second kappa shape index (κ2) is 4.86. The number of halogens is 1. The molecule has 0 spiro atoms. The van der Waals surface area contributed by atoms with Crippen molar-refractivity contribution in [2.75, 3.05) is 5.32 Å². The van der Waals surface area contributed by atoms with Crippen molar-refractivity contribution in [1.29, 1.82) is 0 Å². The number of benzene rings is 2. The summed E-state index contributed by atoms with van der Waals surface area (Å²) in [5.41, 5.74) is 1.73. The largest absolute Gasteiger partial charge is 0.346 e. The molecule has 2 aromatic carbocycles. The fourth-order valence-corrected chi connectivity index (χ4v) is 1.58. The average molecular weight is 231 g/mol. The van der Waals surface area contributed by atoms with E-state index >= 15 is 0 Å². The molecule has 3 heteroatoms. The minimum absolute atomic E-state index is 0.254. The standard InChI is InChI=1S/C13H10FNS/c14-11-6-8-12(9-7-11)15-13(16)10-4-2-1-3-5-10/h1-9H,(H,15,16). The van der Waals surface area contributed by atoms with Crippen LogP contribution in [0.4, 0.5) is 10.1 Å². The molecular formula is C13H10FNS. The van der Waals surface area contributed by atoms with E-state index in [1.807, 2.05) is 30.3 Å². The van der Waals surface area contributed by atoms with Gasteiger partial charge in [0, 0.05) is 11.3 Å². The first-order valence-corrected chi connectivity index (χ1v) is 5.28. The number of hydrogen-bond donors (Lipinski definition) is 1. The van der Waals surface area contributed by atoms with Gasteiger partial charge in [-0.1, -0.05) is 42.5 Å². The van der Waals surface area contributed by atoms with Gasteiger partial charge in [0.25, 0.3) is 0 Å². The van der Waals surface area contributed by atoms with Crippen molar-refractivity contribution in [3.63, 3.8) is 0 Å². The Bertz CT molecular complexity index is 479. The van der Waals surface area contributed by atoms with E-state index in [0.717, 1.165) is 11.3 Å². The van der Waals surface area contributed by atoms with Gasteiger partial charge in [-0.25, -0.2) is 4.39 Å². The van der Waals surface area contributed by atoms with Gasteiger partial charge in [-0.3, -0.25) is 0 Å². The van der Waals surface area contributed by atoms with Crippen molar-refractivity contribution in [2.45, 2.75) is 0 Å². The predicted molar refractivity (Wildman–Crippen MR) is 68.2 cm³/mol. The zero-order valence-electron chi connectivity index (χ0n) is 8.48. The van der Waals surface area contributed by atoms with Crippen LogP contribution >= 0.6 is 12.2 Å². The summed E-state index contributed by atoms with van der Waals surface area (Å²) < 4.78 is 12.7. The number of anilines is 1. The van der Waals surface area contributed by atoms with Gasteiger partial charge in [0.1, 0.15) is 10.8 Å². The molecule has 0 aliphatic heterocycles. The Morgan fingerprint density at radius 3 is 2.19 bits per heavy atom. The SMILES string of the molecule is Fc1ccc(NC(=S)c2ccccc2)cc1. The van der Waals surface area contributed by atoms with E-state index in [1.165, 1.54) is 12.1 Å². The first kappa shape index (κ1) is 10.8. The maximum absolute atomic E-state index is 12.7. The Morgan fingerprint density at radius 2 is 1.56 bits per heavy atom. The first-order valence-electron chi connectivity index (χ1n) is 4.88. The molecule has 0 aliphatic rings. The van der Waals surface area contributed by atoms with Crippen molar-refractivity contribution >= 4 is 22.9 Å². The highest BCUT2D eigenvalue weighted by atomic mass is 32.1. The van der Waals surface area contributed by atoms with Crippen LogP contribution in [0.2, 0.25) is 0 Å². The fourth-order valence-electron chi connectivity index (χ4n) is 1.33. The Morgan fingerprint density at radius 1 is 0.938 bits per heavy atom. The smallest absolute Gasteiger partial charge is 0.123 e. The second-order valence-electron chi connectivity index (χ2n) is 3.33. The molecule has 0 bridgehead atoms. The van der Waals surface area contributed by atoms with Crippen molar-refractivity contribution in [2.24, 2.45) is 0 Å². The van der Waals surface area contributed by atoms with Crippen LogP contribution in [0.15, 0.2) is 54.6 Å². The Kier molecular flexibility index (Phi) is 3.27. The number of nitrogens with one attached hydrogen (secondary N) is 1. The number of thiocarbonyl (C=S) groups is 1. The molecule has 0 aliphatic carbocycles. The molecule has 0 saturated carbocycles. The normalized spacial score (nSPS) is 9.81. The number of hydrogen-bond acceptors (Lipinski definition) is 1. The zero-order chi connectivity index (χ0) is 11.4. The summed E-state index contributed by atoms with van der Waals surface area (Å²) in [4.78, 5) is 0.632. The number of rotatable bonds is 2. The molecule has 1 nitrogen and oxygen atoms in total. The van der Waals surface area contributed by atoms with E-state index < -0.39 is 0 Å². The summed E-state index contributed by atoms with van der Waals surface area (Å²) in [6, 6.07) is 15.8. The minimum Gasteiger partial charge on any atom is -0.346 e. The van der Waals surface area contributed by atoms with Gasteiger partial charge in [0.15, 0.2) is 0 Å². The highest BCUT2D eigenvalue weighted by Gasteiger charge is 2.00. The van der Waals surface area contributed by atoms with Gasteiger partial charge in [-0.05, 0) is 24.3 Å². The van der Waals surface area contributed by atoms with E-state index in [1.54, 1.807) is 12.1 Å². The molecular weight excluding hydrogens is 221 g/mol. The van der Waals surface area contributed by atoms with Crippen molar-refractivity contribution < 1.29 is 4.39 Å². The van der Waals surface area contributed by atoms with Crippen molar-refractivity contribution in [3.8, 4) is 0 Å². The molecule has 80 valence electrons. The first-order chi connectivity index (χ1) is 7.75. The minimum atomic E-state index is -0.254. The molecule has 16 heavy (non-hydrogen) atoms. The lowest BCUT2D eigenvalue weighted by molar-refractivity contribution is 0.628. The molecule has 0 amide bonds. The summed E-state index contributed by atoms with van der Waals surface area (Å²) in [7, 11) is 0. The van der Waals surface area contributed by atoms with Crippen LogP contribution in [0.5, 0.6) is 0 Å². The average Bonchev–Trinajstić information content (AvgIpc) is 2.33. The Hall–Kier alpha value is -1.74. The van der Waals surface area contributed by atoms with Crippen molar-refractivity contribution in [1.82, 2.24) is 0 Å². The van der Waals surface area contributed by atoms with Crippen LogP contribution in [0.3, 0.4) is 0 Å². The highest BCUT2D eigenvalue weighted by molar-refractivity contribution is 7.81. The van der Waals surface area contributed by atoms with Gasteiger partial charge >= 0.3 is 0 Å². The Labute approximate surface area is 98.9 Å². The van der Waals surface area contributed by atoms with Crippen molar-refractivity contribution in [3.05, 3.63) is 66.0 Å². The summed E-state index contributed by atoms with van der Waals surface area (Å²) in [5, 5.41) is 3.05. The maximum atomic E-state index is 12.7. The van der Waals surface area contributed by atoms with Gasteiger partial charge in [-0.2, -0.15) is 0 Å². The van der Waals surface area contributed by atoms with Gasteiger partial charge < -0.3 is 5.32 Å². The predicted octanol–water partition coefficient (Wildman–Crippen LogP) is 3.61. The van der Waals surface area contributed by atoms with Gasteiger partial charge in [-0.15, -0.1) is 0 Å². The lowest BCUT2D eigenvalue weighted by Gasteiger charge is -2.07. The lowest BCUT2D eigenvalue weighted by atomic mass is 10.2. The van der Waals surface area contributed by atoms with E-state index in [-0.39, 0.29) is 5.82 Å². The molecule has 0 saturated heterocycles. The van der Waals surface area contributed by atoms with Crippen LogP contribution < -0.4 is 5.32 Å². The lowest BCUT2D eigenvalue weighted by Crippen LogP contribution is -2.09. The van der Waals surface area contributed by atoms with Crippen LogP contribution in [0, 0.1) is 5.82 Å². The topological polar surface area (TPSA) is 12.0 Å². The van der Waals surface area contributed by atoms with E-state index in [9.17, 15) is 4.39 Å². The third-order valence-corrected chi connectivity index (χ3v) is 2.48. The Balaban J connectivity index is 2.11. The van der Waals surface area contributed by atoms with Crippen LogP contribution in [0.1, 0.15) is 5.56 Å². The molecule has 0 atom stereocenters. The molecule has 2 rings (SSSR count). The summed E-state index contributed by atoms with van der Waals surface area (Å²) >= 11 is 5.23. The van der Waals surface area contributed by atoms with Crippen LogP contribution in [-0.2, 0) is 0 Å². The quantitative estimate of drug-likeness (QED) is 0.792. The summed E-state index contributed by atoms with van der Waals surface area (Å²) in [6.07, 6.45) is 0. The van der Waals surface area contributed by atoms with Crippen LogP contribution in [-0.4, -0.2) is 4.99 Å². The maximum Gasteiger partial charge on any atom is 0.123 e. The molecule has 0 radical (unpaired) electrons. The van der Waals surface area contributed by atoms with Gasteiger partial charge in [0.2, 0.25) is 0 Å². The van der Waals surface area contributed by atoms with E-state index in [2.05, 4.69) is 5.32 Å². The molecule has 1 N–H and O–H groups in total. The zero-order valence-corrected chi connectivity index (χ0v) is 9.30. The third kappa shape index (κ3) is 2.64. The van der Waals surface area contributed by atoms with Gasteiger partial charge in [0.05, 0.1) is 0 Å². The third-order valence-electron chi connectivity index (χ3n) is 2.14. The molecule has 2 aromatic rings. The molecule has 0 aromatic heterocycles. The molecule has 0 fully saturated rings. The van der Waals surface area contributed by atoms with E-state index in [4.69, 9.17) is 12.2 Å². The summed E-state index contributed by atoms with van der Waals surface area (Å²) in [6.45, 7) is 0. The molecule has 0 unspecified atom stereocenters. The molecule has 0 heterocycles.